The molecule has 1 heterocycles. The van der Waals surface area contributed by atoms with Crippen molar-refractivity contribution in [2.24, 2.45) is 0 Å². The smallest absolute Gasteiger partial charge is 0.255 e. The van der Waals surface area contributed by atoms with Crippen LogP contribution in [0.4, 0.5) is 0 Å². The summed E-state index contributed by atoms with van der Waals surface area (Å²) in [6, 6.07) is 2.50. The minimum absolute atomic E-state index is 0.00179. The summed E-state index contributed by atoms with van der Waals surface area (Å²) < 4.78 is 2.34. The van der Waals surface area contributed by atoms with Crippen LogP contribution in [-0.4, -0.2) is 52.9 Å². The lowest BCUT2D eigenvalue weighted by Crippen LogP contribution is -2.41. The summed E-state index contributed by atoms with van der Waals surface area (Å²) >= 11 is 0. The van der Waals surface area contributed by atoms with Gasteiger partial charge in [-0.15, -0.1) is 0 Å². The maximum atomic E-state index is 12.9. The van der Waals surface area contributed by atoms with Crippen LogP contribution in [0.3, 0.4) is 0 Å². The molecule has 2 rings (SSSR count). The number of hydrogen-bond donors (Lipinski definition) is 0. The molecule has 0 bridgehead atoms. The summed E-state index contributed by atoms with van der Waals surface area (Å²) in [5.41, 5.74) is 2.92. The van der Waals surface area contributed by atoms with Crippen molar-refractivity contribution in [1.29, 1.82) is 0 Å². The van der Waals surface area contributed by atoms with Gasteiger partial charge in [0.25, 0.3) is 5.91 Å². The van der Waals surface area contributed by atoms with Gasteiger partial charge in [0, 0.05) is 37.6 Å². The van der Waals surface area contributed by atoms with Crippen LogP contribution < -0.4 is 0 Å². The van der Waals surface area contributed by atoms with Gasteiger partial charge in [0.1, 0.15) is 0 Å². The Morgan fingerprint density at radius 1 is 1.12 bits per heavy atom. The fraction of sp³-hybridized carbons (Fsp3) is 0.700. The van der Waals surface area contributed by atoms with Gasteiger partial charge in [-0.1, -0.05) is 19.3 Å². The summed E-state index contributed by atoms with van der Waals surface area (Å²) in [5.74, 6) is -0.0578. The first-order valence-corrected chi connectivity index (χ1v) is 9.62. The summed E-state index contributed by atoms with van der Waals surface area (Å²) in [6.45, 7) is 9.52. The van der Waals surface area contributed by atoms with Crippen molar-refractivity contribution < 1.29 is 9.59 Å². The lowest BCUT2D eigenvalue weighted by Gasteiger charge is -2.27. The molecule has 0 N–H and O–H groups in total. The zero-order valence-corrected chi connectivity index (χ0v) is 16.5. The Morgan fingerprint density at radius 2 is 1.72 bits per heavy atom. The van der Waals surface area contributed by atoms with Crippen molar-refractivity contribution in [2.75, 3.05) is 26.7 Å². The van der Waals surface area contributed by atoms with Crippen LogP contribution in [0.1, 0.15) is 73.7 Å². The van der Waals surface area contributed by atoms with E-state index in [-0.39, 0.29) is 18.4 Å². The number of hydrogen-bond acceptors (Lipinski definition) is 2. The van der Waals surface area contributed by atoms with Crippen molar-refractivity contribution in [2.45, 2.75) is 65.8 Å². The second-order valence-corrected chi connectivity index (χ2v) is 7.17. The van der Waals surface area contributed by atoms with E-state index in [9.17, 15) is 9.59 Å². The van der Waals surface area contributed by atoms with Gasteiger partial charge in [0.2, 0.25) is 5.91 Å². The van der Waals surface area contributed by atoms with Crippen LogP contribution in [0.5, 0.6) is 0 Å². The van der Waals surface area contributed by atoms with E-state index in [2.05, 4.69) is 11.5 Å². The molecule has 2 amide bonds. The van der Waals surface area contributed by atoms with Gasteiger partial charge in [-0.3, -0.25) is 9.59 Å². The highest BCUT2D eigenvalue weighted by atomic mass is 16.2. The van der Waals surface area contributed by atoms with E-state index in [4.69, 9.17) is 0 Å². The van der Waals surface area contributed by atoms with Gasteiger partial charge in [0.15, 0.2) is 0 Å². The highest BCUT2D eigenvalue weighted by Crippen LogP contribution is 2.32. The zero-order valence-electron chi connectivity index (χ0n) is 16.5. The normalized spacial score (nSPS) is 15.2. The Balaban J connectivity index is 2.15. The maximum absolute atomic E-state index is 12.9. The molecule has 0 saturated heterocycles. The fourth-order valence-electron chi connectivity index (χ4n) is 4.05. The number of aromatic nitrogens is 1. The third kappa shape index (κ3) is 4.25. The lowest BCUT2D eigenvalue weighted by atomic mass is 9.95. The van der Waals surface area contributed by atoms with Gasteiger partial charge in [-0.2, -0.15) is 0 Å². The van der Waals surface area contributed by atoms with Crippen LogP contribution in [0, 0.1) is 13.8 Å². The molecular formula is C20H33N3O2. The minimum Gasteiger partial charge on any atom is -0.345 e. The highest BCUT2D eigenvalue weighted by Gasteiger charge is 2.25. The van der Waals surface area contributed by atoms with E-state index < -0.39 is 0 Å². The molecule has 1 aromatic heterocycles. The first-order valence-electron chi connectivity index (χ1n) is 9.62. The first-order chi connectivity index (χ1) is 11.9. The Hall–Kier alpha value is -1.78. The van der Waals surface area contributed by atoms with Crippen molar-refractivity contribution in [3.05, 3.63) is 23.0 Å². The Kier molecular flexibility index (Phi) is 6.68. The predicted octanol–water partition coefficient (Wildman–Crippen LogP) is 3.55. The van der Waals surface area contributed by atoms with Crippen LogP contribution in [0.15, 0.2) is 6.07 Å². The van der Waals surface area contributed by atoms with Gasteiger partial charge in [-0.25, -0.2) is 0 Å². The van der Waals surface area contributed by atoms with E-state index >= 15 is 0 Å². The molecule has 25 heavy (non-hydrogen) atoms. The first kappa shape index (κ1) is 19.5. The summed E-state index contributed by atoms with van der Waals surface area (Å²) in [6.07, 6.45) is 6.24. The van der Waals surface area contributed by atoms with Gasteiger partial charge in [0.05, 0.1) is 12.1 Å². The number of rotatable bonds is 6. The zero-order chi connectivity index (χ0) is 18.6. The summed E-state index contributed by atoms with van der Waals surface area (Å²) in [7, 11) is 1.72. The SMILES string of the molecule is CCN(CC)C(=O)CN(C)C(=O)c1cc(C)n(C2CCCCC2)c1C. The number of nitrogens with zero attached hydrogens (tertiary/aromatic N) is 3. The molecule has 1 saturated carbocycles. The predicted molar refractivity (Wildman–Crippen MR) is 101 cm³/mol. The minimum atomic E-state index is -0.0596. The molecular weight excluding hydrogens is 314 g/mol. The molecule has 1 aliphatic carbocycles. The largest absolute Gasteiger partial charge is 0.345 e. The molecule has 0 aliphatic heterocycles. The molecule has 140 valence electrons. The van der Waals surface area contributed by atoms with E-state index in [0.29, 0.717) is 19.1 Å². The van der Waals surface area contributed by atoms with E-state index in [1.54, 1.807) is 16.8 Å². The van der Waals surface area contributed by atoms with Crippen LogP contribution >= 0.6 is 0 Å². The Bertz CT molecular complexity index is 611. The summed E-state index contributed by atoms with van der Waals surface area (Å²) in [5, 5.41) is 0. The van der Waals surface area contributed by atoms with Crippen molar-refractivity contribution in [1.82, 2.24) is 14.4 Å². The number of carbonyl (C=O) groups excluding carboxylic acids is 2. The Labute approximate surface area is 152 Å². The van der Waals surface area contributed by atoms with E-state index in [1.807, 2.05) is 26.8 Å². The van der Waals surface area contributed by atoms with E-state index in [0.717, 1.165) is 17.0 Å². The Morgan fingerprint density at radius 3 is 2.28 bits per heavy atom. The third-order valence-corrected chi connectivity index (χ3v) is 5.49. The van der Waals surface area contributed by atoms with Crippen LogP contribution in [0.25, 0.3) is 0 Å². The van der Waals surface area contributed by atoms with E-state index in [1.165, 1.54) is 32.1 Å². The van der Waals surface area contributed by atoms with Crippen molar-refractivity contribution >= 4 is 11.8 Å². The highest BCUT2D eigenvalue weighted by molar-refractivity contribution is 5.97. The number of likely N-dealkylation sites (N-methyl/N-ethyl adjacent to an activating group) is 2. The summed E-state index contributed by atoms with van der Waals surface area (Å²) in [4.78, 5) is 28.5. The average Bonchev–Trinajstić information content (AvgIpc) is 2.90. The molecule has 1 fully saturated rings. The average molecular weight is 348 g/mol. The molecule has 0 aromatic carbocycles. The second kappa shape index (κ2) is 8.54. The topological polar surface area (TPSA) is 45.6 Å². The molecule has 1 aliphatic rings. The number of amides is 2. The van der Waals surface area contributed by atoms with Gasteiger partial charge >= 0.3 is 0 Å². The maximum Gasteiger partial charge on any atom is 0.255 e. The standard InChI is InChI=1S/C20H33N3O2/c1-6-22(7-2)19(24)14-21(5)20(25)18-13-15(3)23(16(18)4)17-11-9-8-10-12-17/h13,17H,6-12,14H2,1-5H3. The van der Waals surface area contributed by atoms with Gasteiger partial charge in [-0.05, 0) is 46.6 Å². The van der Waals surface area contributed by atoms with Crippen LogP contribution in [0.2, 0.25) is 0 Å². The fourth-order valence-corrected chi connectivity index (χ4v) is 4.05. The molecule has 1 aromatic rings. The van der Waals surface area contributed by atoms with Crippen molar-refractivity contribution in [3.8, 4) is 0 Å². The van der Waals surface area contributed by atoms with Crippen LogP contribution in [-0.2, 0) is 4.79 Å². The number of aryl methyl sites for hydroxylation is 1. The lowest BCUT2D eigenvalue weighted by molar-refractivity contribution is -0.131. The quantitative estimate of drug-likeness (QED) is 0.790. The molecule has 0 spiro atoms. The molecule has 0 unspecified atom stereocenters. The second-order valence-electron chi connectivity index (χ2n) is 7.17. The molecule has 0 radical (unpaired) electrons. The molecule has 0 atom stereocenters. The number of carbonyl (C=O) groups is 2. The third-order valence-electron chi connectivity index (χ3n) is 5.49. The molecule has 5 heteroatoms. The van der Waals surface area contributed by atoms with Gasteiger partial charge < -0.3 is 14.4 Å². The molecule has 5 nitrogen and oxygen atoms in total. The monoisotopic (exact) mass is 347 g/mol. The van der Waals surface area contributed by atoms with Crippen molar-refractivity contribution in [3.63, 3.8) is 0 Å².